The number of hydrogen-bond donors (Lipinski definition) is 0. The zero-order chi connectivity index (χ0) is 7.72. The van der Waals surface area contributed by atoms with Crippen molar-refractivity contribution in [2.75, 3.05) is 0 Å². The number of nitriles is 1. The summed E-state index contributed by atoms with van der Waals surface area (Å²) in [5.41, 5.74) is 0.716. The lowest BCUT2D eigenvalue weighted by Crippen LogP contribution is -1.93. The van der Waals surface area contributed by atoms with Crippen molar-refractivity contribution >= 4 is 45.2 Å². The Kier molecular flexibility index (Phi) is 2.57. The summed E-state index contributed by atoms with van der Waals surface area (Å²) < 4.78 is 4.13. The number of rotatable bonds is 0. The zero-order valence-corrected chi connectivity index (χ0v) is 9.54. The van der Waals surface area contributed by atoms with Crippen molar-refractivity contribution in [3.05, 3.63) is 19.0 Å². The Balaban J connectivity index is 3.34. The molecule has 0 aliphatic heterocycles. The first-order chi connectivity index (χ1) is 4.66. The summed E-state index contributed by atoms with van der Waals surface area (Å²) in [5, 5.41) is 8.58. The van der Waals surface area contributed by atoms with Crippen molar-refractivity contribution in [3.8, 4) is 6.07 Å². The minimum Gasteiger partial charge on any atom is -0.330 e. The van der Waals surface area contributed by atoms with Crippen LogP contribution >= 0.6 is 45.2 Å². The van der Waals surface area contributed by atoms with Crippen molar-refractivity contribution in [1.29, 1.82) is 5.26 Å². The van der Waals surface area contributed by atoms with E-state index in [4.69, 9.17) is 5.26 Å². The second kappa shape index (κ2) is 3.09. The van der Waals surface area contributed by atoms with Gasteiger partial charge in [-0.25, -0.2) is 0 Å². The molecule has 0 amide bonds. The lowest BCUT2D eigenvalue weighted by molar-refractivity contribution is 0.878. The van der Waals surface area contributed by atoms with Crippen molar-refractivity contribution in [2.24, 2.45) is 7.05 Å². The summed E-state index contributed by atoms with van der Waals surface area (Å²) in [6, 6.07) is 3.99. The van der Waals surface area contributed by atoms with Gasteiger partial charge in [-0.15, -0.1) is 0 Å². The third-order valence-corrected chi connectivity index (χ3v) is 4.39. The van der Waals surface area contributed by atoms with Crippen molar-refractivity contribution in [2.45, 2.75) is 0 Å². The molecule has 1 aromatic heterocycles. The molecule has 0 aromatic carbocycles. The van der Waals surface area contributed by atoms with Crippen LogP contribution in [0.25, 0.3) is 0 Å². The van der Waals surface area contributed by atoms with Gasteiger partial charge in [0.2, 0.25) is 0 Å². The lowest BCUT2D eigenvalue weighted by atomic mass is 10.5. The van der Waals surface area contributed by atoms with Gasteiger partial charge in [0.25, 0.3) is 0 Å². The molecule has 0 fully saturated rings. The van der Waals surface area contributed by atoms with Gasteiger partial charge < -0.3 is 4.57 Å². The number of aromatic nitrogens is 1. The highest BCUT2D eigenvalue weighted by molar-refractivity contribution is 14.1. The summed E-state index contributed by atoms with van der Waals surface area (Å²) in [4.78, 5) is 0. The molecule has 0 aliphatic carbocycles. The smallest absolute Gasteiger partial charge is 0.121 e. The van der Waals surface area contributed by atoms with Gasteiger partial charge in [-0.2, -0.15) is 5.26 Å². The monoisotopic (exact) mass is 358 g/mol. The van der Waals surface area contributed by atoms with Crippen LogP contribution in [-0.2, 0) is 7.05 Å². The molecule has 2 nitrogen and oxygen atoms in total. The van der Waals surface area contributed by atoms with Crippen LogP contribution in [0.5, 0.6) is 0 Å². The van der Waals surface area contributed by atoms with Gasteiger partial charge in [0.05, 0.1) is 3.70 Å². The first-order valence-corrected chi connectivity index (χ1v) is 4.73. The second-order valence-electron chi connectivity index (χ2n) is 1.84. The Hall–Kier alpha value is 0.230. The summed E-state index contributed by atoms with van der Waals surface area (Å²) in [5.74, 6) is 0. The van der Waals surface area contributed by atoms with Crippen LogP contribution in [0.1, 0.15) is 5.69 Å². The largest absolute Gasteiger partial charge is 0.330 e. The normalized spacial score (nSPS) is 9.40. The summed E-state index contributed by atoms with van der Waals surface area (Å²) in [7, 11) is 1.89. The highest BCUT2D eigenvalue weighted by Gasteiger charge is 2.05. The Labute approximate surface area is 86.5 Å². The van der Waals surface area contributed by atoms with Crippen LogP contribution in [0.4, 0.5) is 0 Å². The minimum atomic E-state index is 0.716. The van der Waals surface area contributed by atoms with Crippen molar-refractivity contribution in [3.63, 3.8) is 0 Å². The number of halogens is 2. The number of hydrogen-bond acceptors (Lipinski definition) is 1. The van der Waals surface area contributed by atoms with Gasteiger partial charge in [0, 0.05) is 10.6 Å². The molecule has 10 heavy (non-hydrogen) atoms. The average molecular weight is 358 g/mol. The lowest BCUT2D eigenvalue weighted by Gasteiger charge is -1.93. The van der Waals surface area contributed by atoms with Gasteiger partial charge in [-0.05, 0) is 51.2 Å². The molecular formula is C6H4I2N2. The maximum absolute atomic E-state index is 8.58. The van der Waals surface area contributed by atoms with E-state index in [1.165, 1.54) is 0 Å². The fraction of sp³-hybridized carbons (Fsp3) is 0.167. The summed E-state index contributed by atoms with van der Waals surface area (Å²) >= 11 is 4.43. The molecule has 52 valence electrons. The van der Waals surface area contributed by atoms with Crippen LogP contribution in [0.3, 0.4) is 0 Å². The van der Waals surface area contributed by atoms with Crippen molar-refractivity contribution in [1.82, 2.24) is 4.57 Å². The molecule has 0 aliphatic rings. The van der Waals surface area contributed by atoms with E-state index in [0.29, 0.717) is 5.69 Å². The predicted molar refractivity (Wildman–Crippen MR) is 55.6 cm³/mol. The molecule has 0 radical (unpaired) electrons. The first kappa shape index (κ1) is 8.33. The molecule has 1 rings (SSSR count). The molecule has 4 heteroatoms. The highest BCUT2D eigenvalue weighted by Crippen LogP contribution is 2.17. The topological polar surface area (TPSA) is 28.7 Å². The maximum Gasteiger partial charge on any atom is 0.121 e. The molecule has 1 heterocycles. The fourth-order valence-corrected chi connectivity index (χ4v) is 1.72. The zero-order valence-electron chi connectivity index (χ0n) is 5.23. The van der Waals surface area contributed by atoms with Crippen molar-refractivity contribution < 1.29 is 0 Å². The molecule has 1 aromatic rings. The Bertz CT molecular complexity index is 295. The number of nitrogens with zero attached hydrogens (tertiary/aromatic N) is 2. The Morgan fingerprint density at radius 1 is 1.60 bits per heavy atom. The van der Waals surface area contributed by atoms with Gasteiger partial charge >= 0.3 is 0 Å². The van der Waals surface area contributed by atoms with E-state index < -0.39 is 0 Å². The average Bonchev–Trinajstić information content (AvgIpc) is 2.17. The molecule has 0 unspecified atom stereocenters. The first-order valence-electron chi connectivity index (χ1n) is 2.57. The molecule has 0 atom stereocenters. The summed E-state index contributed by atoms with van der Waals surface area (Å²) in [6.07, 6.45) is 0. The van der Waals surface area contributed by atoms with Gasteiger partial charge in [0.1, 0.15) is 11.8 Å². The molecule has 0 saturated heterocycles. The molecule has 0 N–H and O–H groups in total. The van der Waals surface area contributed by atoms with E-state index >= 15 is 0 Å². The predicted octanol–water partition coefficient (Wildman–Crippen LogP) is 2.11. The van der Waals surface area contributed by atoms with Gasteiger partial charge in [-0.1, -0.05) is 0 Å². The van der Waals surface area contributed by atoms with Crippen LogP contribution in [0.2, 0.25) is 0 Å². The standard InChI is InChI=1S/C6H4I2N2/c1-10-4(3-9)2-5(7)6(10)8/h2H,1H3. The molecule has 0 spiro atoms. The molecule has 0 bridgehead atoms. The van der Waals surface area contributed by atoms with Crippen LogP contribution in [0, 0.1) is 18.6 Å². The maximum atomic E-state index is 8.58. The highest BCUT2D eigenvalue weighted by atomic mass is 127. The third kappa shape index (κ3) is 1.29. The SMILES string of the molecule is Cn1c(C#N)cc(I)c1I. The minimum absolute atomic E-state index is 0.716. The molecular weight excluding hydrogens is 354 g/mol. The van der Waals surface area contributed by atoms with E-state index in [-0.39, 0.29) is 0 Å². The van der Waals surface area contributed by atoms with E-state index in [2.05, 4.69) is 51.3 Å². The van der Waals surface area contributed by atoms with Crippen LogP contribution < -0.4 is 0 Å². The second-order valence-corrected chi connectivity index (χ2v) is 4.02. The quantitative estimate of drug-likeness (QED) is 0.654. The Morgan fingerprint density at radius 3 is 2.40 bits per heavy atom. The van der Waals surface area contributed by atoms with E-state index in [1.807, 2.05) is 17.7 Å². The van der Waals surface area contributed by atoms with E-state index in [9.17, 15) is 0 Å². The van der Waals surface area contributed by atoms with Gasteiger partial charge in [-0.3, -0.25) is 0 Å². The Morgan fingerprint density at radius 2 is 2.20 bits per heavy atom. The van der Waals surface area contributed by atoms with Gasteiger partial charge in [0.15, 0.2) is 0 Å². The van der Waals surface area contributed by atoms with Crippen LogP contribution in [0.15, 0.2) is 6.07 Å². The van der Waals surface area contributed by atoms with E-state index in [0.717, 1.165) is 7.27 Å². The van der Waals surface area contributed by atoms with E-state index in [1.54, 1.807) is 0 Å². The summed E-state index contributed by atoms with van der Waals surface area (Å²) in [6.45, 7) is 0. The molecule has 0 saturated carbocycles. The fourth-order valence-electron chi connectivity index (χ4n) is 0.650. The van der Waals surface area contributed by atoms with Crippen LogP contribution in [-0.4, -0.2) is 4.57 Å². The third-order valence-electron chi connectivity index (χ3n) is 1.23.